The first kappa shape index (κ1) is 18.8. The molecule has 4 unspecified atom stereocenters. The Labute approximate surface area is 163 Å². The highest BCUT2D eigenvalue weighted by Gasteiger charge is 2.57. The number of nitrogens with zero attached hydrogens (tertiary/aromatic N) is 4. The minimum atomic E-state index is 0.332. The van der Waals surface area contributed by atoms with E-state index in [1.807, 2.05) is 19.6 Å². The largest absolute Gasteiger partial charge is 0.378 e. The molecule has 27 heavy (non-hydrogen) atoms. The zero-order valence-corrected chi connectivity index (χ0v) is 17.1. The molecular weight excluding hydrogens is 338 g/mol. The minimum absolute atomic E-state index is 0.332. The number of aliphatic imine (C=N–C) groups is 1. The van der Waals surface area contributed by atoms with Gasteiger partial charge in [-0.15, -0.1) is 0 Å². The van der Waals surface area contributed by atoms with Gasteiger partial charge in [0, 0.05) is 50.6 Å². The van der Waals surface area contributed by atoms with Crippen LogP contribution >= 0.6 is 0 Å². The maximum atomic E-state index is 6.08. The monoisotopic (exact) mass is 373 g/mol. The summed E-state index contributed by atoms with van der Waals surface area (Å²) in [5.41, 5.74) is 0.332. The number of piperidine rings is 1. The molecule has 3 aliphatic rings. The van der Waals surface area contributed by atoms with Gasteiger partial charge in [0.25, 0.3) is 0 Å². The van der Waals surface area contributed by atoms with Gasteiger partial charge in [-0.2, -0.15) is 0 Å². The zero-order valence-electron chi connectivity index (χ0n) is 17.1. The molecule has 6 heteroatoms. The molecule has 1 saturated heterocycles. The molecule has 4 atom stereocenters. The molecule has 2 heterocycles. The Kier molecular flexibility index (Phi) is 5.44. The van der Waals surface area contributed by atoms with Crippen LogP contribution in [0.2, 0.25) is 0 Å². The molecule has 2 aliphatic carbocycles. The van der Waals surface area contributed by atoms with E-state index in [0.717, 1.165) is 32.1 Å². The molecule has 0 radical (unpaired) electrons. The molecular formula is C21H35N5O. The number of imidazole rings is 1. The summed E-state index contributed by atoms with van der Waals surface area (Å²) in [6, 6.07) is 0.957. The van der Waals surface area contributed by atoms with Gasteiger partial charge in [0.15, 0.2) is 5.96 Å². The van der Waals surface area contributed by atoms with Gasteiger partial charge in [0.05, 0.1) is 18.5 Å². The van der Waals surface area contributed by atoms with E-state index in [1.54, 1.807) is 0 Å². The number of ether oxygens (including phenoxy) is 1. The summed E-state index contributed by atoms with van der Waals surface area (Å²) in [6.45, 7) is 7.36. The van der Waals surface area contributed by atoms with Crippen LogP contribution in [0.15, 0.2) is 23.7 Å². The van der Waals surface area contributed by atoms with E-state index in [0.29, 0.717) is 29.5 Å². The molecule has 1 aliphatic heterocycles. The number of hydrogen-bond acceptors (Lipinski definition) is 3. The van der Waals surface area contributed by atoms with Crippen LogP contribution in [0.1, 0.15) is 58.4 Å². The highest BCUT2D eigenvalue weighted by molar-refractivity contribution is 5.80. The Balaban J connectivity index is 1.44. The Morgan fingerprint density at radius 3 is 2.85 bits per heavy atom. The van der Waals surface area contributed by atoms with E-state index >= 15 is 0 Å². The predicted octanol–water partition coefficient (Wildman–Crippen LogP) is 3.08. The molecule has 3 fully saturated rings. The highest BCUT2D eigenvalue weighted by Crippen LogP contribution is 2.54. The molecule has 0 amide bonds. The molecule has 6 nitrogen and oxygen atoms in total. The van der Waals surface area contributed by atoms with E-state index in [1.165, 1.54) is 32.1 Å². The molecule has 2 saturated carbocycles. The van der Waals surface area contributed by atoms with E-state index in [-0.39, 0.29) is 0 Å². The minimum Gasteiger partial charge on any atom is -0.378 e. The van der Waals surface area contributed by atoms with Crippen molar-refractivity contribution in [3.63, 3.8) is 0 Å². The van der Waals surface area contributed by atoms with E-state index in [9.17, 15) is 0 Å². The average molecular weight is 374 g/mol. The third-order valence-electron chi connectivity index (χ3n) is 7.33. The topological polar surface area (TPSA) is 54.7 Å². The van der Waals surface area contributed by atoms with Crippen LogP contribution in [0.4, 0.5) is 0 Å². The van der Waals surface area contributed by atoms with E-state index in [2.05, 4.69) is 44.8 Å². The van der Waals surface area contributed by atoms with E-state index < -0.39 is 0 Å². The van der Waals surface area contributed by atoms with E-state index in [4.69, 9.17) is 4.74 Å². The summed E-state index contributed by atoms with van der Waals surface area (Å²) in [5.74, 6) is 1.72. The van der Waals surface area contributed by atoms with Crippen molar-refractivity contribution < 1.29 is 4.74 Å². The molecule has 4 rings (SSSR count). The van der Waals surface area contributed by atoms with Gasteiger partial charge in [-0.05, 0) is 38.5 Å². The van der Waals surface area contributed by atoms with Crippen molar-refractivity contribution in [2.45, 2.75) is 70.6 Å². The summed E-state index contributed by atoms with van der Waals surface area (Å²) < 4.78 is 8.34. The quantitative estimate of drug-likeness (QED) is 0.651. The summed E-state index contributed by atoms with van der Waals surface area (Å²) in [5, 5.41) is 3.85. The fourth-order valence-electron chi connectivity index (χ4n) is 5.64. The van der Waals surface area contributed by atoms with Crippen LogP contribution in [-0.2, 0) is 4.74 Å². The number of hydrogen-bond donors (Lipinski definition) is 1. The number of guanidine groups is 1. The molecule has 1 aromatic heterocycles. The fraction of sp³-hybridized carbons (Fsp3) is 0.810. The summed E-state index contributed by atoms with van der Waals surface area (Å²) in [7, 11) is 1.92. The smallest absolute Gasteiger partial charge is 0.193 e. The van der Waals surface area contributed by atoms with Crippen molar-refractivity contribution in [1.82, 2.24) is 19.8 Å². The number of aromatic nitrogens is 2. The lowest BCUT2D eigenvalue weighted by Gasteiger charge is -2.55. The van der Waals surface area contributed by atoms with Crippen LogP contribution in [0.5, 0.6) is 0 Å². The van der Waals surface area contributed by atoms with Crippen molar-refractivity contribution >= 4 is 5.96 Å². The second-order valence-corrected chi connectivity index (χ2v) is 8.65. The van der Waals surface area contributed by atoms with Gasteiger partial charge in [0.2, 0.25) is 0 Å². The Morgan fingerprint density at radius 1 is 1.37 bits per heavy atom. The fourth-order valence-corrected chi connectivity index (χ4v) is 5.64. The van der Waals surface area contributed by atoms with Crippen molar-refractivity contribution in [2.75, 3.05) is 26.7 Å². The van der Waals surface area contributed by atoms with Crippen molar-refractivity contribution in [3.05, 3.63) is 18.7 Å². The molecule has 150 valence electrons. The first-order valence-corrected chi connectivity index (χ1v) is 10.7. The van der Waals surface area contributed by atoms with Crippen molar-refractivity contribution in [3.8, 4) is 0 Å². The third kappa shape index (κ3) is 3.37. The molecule has 1 N–H and O–H groups in total. The van der Waals surface area contributed by atoms with Gasteiger partial charge in [-0.3, -0.25) is 4.99 Å². The SMILES string of the molecule is CCOC1CC(NC(=NC)N2CCC(C)C(n3ccnc3)C2)C12CCCC2. The van der Waals surface area contributed by atoms with Crippen molar-refractivity contribution in [2.24, 2.45) is 16.3 Å². The second kappa shape index (κ2) is 7.82. The van der Waals surface area contributed by atoms with Gasteiger partial charge >= 0.3 is 0 Å². The molecule has 1 aromatic rings. The highest BCUT2D eigenvalue weighted by atomic mass is 16.5. The summed E-state index contributed by atoms with van der Waals surface area (Å²) >= 11 is 0. The lowest BCUT2D eigenvalue weighted by atomic mass is 9.60. The van der Waals surface area contributed by atoms with Crippen LogP contribution in [0.3, 0.4) is 0 Å². The average Bonchev–Trinajstić information content (AvgIpc) is 3.38. The second-order valence-electron chi connectivity index (χ2n) is 8.65. The predicted molar refractivity (Wildman–Crippen MR) is 108 cm³/mol. The Morgan fingerprint density at radius 2 is 2.19 bits per heavy atom. The van der Waals surface area contributed by atoms with Gasteiger partial charge in [0.1, 0.15) is 0 Å². The van der Waals surface area contributed by atoms with Crippen molar-refractivity contribution in [1.29, 1.82) is 0 Å². The lowest BCUT2D eigenvalue weighted by Crippen LogP contribution is -2.65. The number of nitrogens with one attached hydrogen (secondary N) is 1. The zero-order chi connectivity index (χ0) is 18.9. The number of rotatable bonds is 4. The standard InChI is InChI=1S/C21H35N5O/c1-4-27-19-13-18(21(19)8-5-6-9-21)24-20(22-3)25-11-7-16(2)17(14-25)26-12-10-23-15-26/h10,12,15-19H,4-9,11,13-14H2,1-3H3,(H,22,24). The summed E-state index contributed by atoms with van der Waals surface area (Å²) in [4.78, 5) is 11.4. The maximum absolute atomic E-state index is 6.08. The van der Waals surface area contributed by atoms with Crippen LogP contribution in [-0.4, -0.2) is 59.3 Å². The van der Waals surface area contributed by atoms with Crippen LogP contribution < -0.4 is 5.32 Å². The first-order chi connectivity index (χ1) is 13.2. The molecule has 0 aromatic carbocycles. The Hall–Kier alpha value is -1.56. The molecule has 1 spiro atoms. The molecule has 0 bridgehead atoms. The van der Waals surface area contributed by atoms with Gasteiger partial charge < -0.3 is 19.5 Å². The van der Waals surface area contributed by atoms with Gasteiger partial charge in [-0.1, -0.05) is 19.8 Å². The summed E-state index contributed by atoms with van der Waals surface area (Å²) in [6.07, 6.45) is 13.9. The Bertz CT molecular complexity index is 637. The maximum Gasteiger partial charge on any atom is 0.193 e. The lowest BCUT2D eigenvalue weighted by molar-refractivity contribution is -0.126. The normalized spacial score (nSPS) is 33.3. The van der Waals surface area contributed by atoms with Crippen LogP contribution in [0, 0.1) is 11.3 Å². The third-order valence-corrected chi connectivity index (χ3v) is 7.33. The van der Waals surface area contributed by atoms with Gasteiger partial charge in [-0.25, -0.2) is 4.98 Å². The van der Waals surface area contributed by atoms with Crippen LogP contribution in [0.25, 0.3) is 0 Å². The number of likely N-dealkylation sites (tertiary alicyclic amines) is 1. The first-order valence-electron chi connectivity index (χ1n) is 10.7.